The van der Waals surface area contributed by atoms with Crippen LogP contribution in [-0.4, -0.2) is 30.6 Å². The van der Waals surface area contributed by atoms with Crippen molar-refractivity contribution in [1.82, 2.24) is 4.90 Å². The maximum Gasteiger partial charge on any atom is 0.00901 e. The molecule has 0 bridgehead atoms. The summed E-state index contributed by atoms with van der Waals surface area (Å²) in [6, 6.07) is 0.764. The monoisotopic (exact) mass is 270 g/mol. The van der Waals surface area contributed by atoms with Crippen LogP contribution in [0.2, 0.25) is 0 Å². The highest BCUT2D eigenvalue weighted by Gasteiger charge is 2.19. The Kier molecular flexibility index (Phi) is 9.72. The van der Waals surface area contributed by atoms with E-state index in [-0.39, 0.29) is 0 Å². The van der Waals surface area contributed by atoms with Crippen molar-refractivity contribution >= 4 is 0 Å². The molecule has 2 nitrogen and oxygen atoms in total. The Bertz CT molecular complexity index is 207. The Morgan fingerprint density at radius 3 is 2.05 bits per heavy atom. The quantitative estimate of drug-likeness (QED) is 0.607. The van der Waals surface area contributed by atoms with Gasteiger partial charge in [0.05, 0.1) is 0 Å². The van der Waals surface area contributed by atoms with Crippen LogP contribution in [0.25, 0.3) is 0 Å². The third kappa shape index (κ3) is 8.65. The number of rotatable bonds is 11. The molecule has 0 atom stereocenters. The Morgan fingerprint density at radius 2 is 1.63 bits per heavy atom. The van der Waals surface area contributed by atoms with Crippen molar-refractivity contribution in [2.75, 3.05) is 19.6 Å². The van der Waals surface area contributed by atoms with Crippen LogP contribution >= 0.6 is 0 Å². The van der Waals surface area contributed by atoms with Crippen LogP contribution in [0.1, 0.15) is 73.6 Å². The lowest BCUT2D eigenvalue weighted by molar-refractivity contribution is 0.153. The molecule has 0 spiro atoms. The van der Waals surface area contributed by atoms with Gasteiger partial charge in [0.1, 0.15) is 0 Å². The Balaban J connectivity index is 4.26. The zero-order valence-electron chi connectivity index (χ0n) is 14.3. The van der Waals surface area contributed by atoms with Crippen molar-refractivity contribution in [1.29, 1.82) is 0 Å². The number of nitrogens with zero attached hydrogens (tertiary/aromatic N) is 1. The standard InChI is InChI=1S/C17H38N2/c1-7-16(8-2)19(14-15(3)4)13-9-10-17(5,6)11-12-18/h15-16H,7-14,18H2,1-6H3. The molecule has 0 aliphatic heterocycles. The summed E-state index contributed by atoms with van der Waals surface area (Å²) in [5.41, 5.74) is 6.10. The number of nitrogens with two attached hydrogens (primary N) is 1. The van der Waals surface area contributed by atoms with Gasteiger partial charge >= 0.3 is 0 Å². The van der Waals surface area contributed by atoms with Gasteiger partial charge in [-0.3, -0.25) is 0 Å². The molecular weight excluding hydrogens is 232 g/mol. The van der Waals surface area contributed by atoms with Crippen molar-refractivity contribution in [2.24, 2.45) is 17.1 Å². The SMILES string of the molecule is CCC(CC)N(CCCC(C)(C)CCN)CC(C)C. The lowest BCUT2D eigenvalue weighted by atomic mass is 9.84. The number of hydrogen-bond acceptors (Lipinski definition) is 2. The van der Waals surface area contributed by atoms with Crippen molar-refractivity contribution in [2.45, 2.75) is 79.7 Å². The highest BCUT2D eigenvalue weighted by molar-refractivity contribution is 4.74. The molecule has 0 unspecified atom stereocenters. The largest absolute Gasteiger partial charge is 0.330 e. The second kappa shape index (κ2) is 9.77. The molecule has 0 aliphatic carbocycles. The van der Waals surface area contributed by atoms with Gasteiger partial charge in [0.15, 0.2) is 0 Å². The summed E-state index contributed by atoms with van der Waals surface area (Å²) in [7, 11) is 0. The van der Waals surface area contributed by atoms with Gasteiger partial charge < -0.3 is 10.6 Å². The van der Waals surface area contributed by atoms with Gasteiger partial charge in [-0.05, 0) is 56.5 Å². The molecule has 116 valence electrons. The van der Waals surface area contributed by atoms with Crippen LogP contribution in [0.3, 0.4) is 0 Å². The summed E-state index contributed by atoms with van der Waals surface area (Å²) in [4.78, 5) is 2.71. The molecule has 0 radical (unpaired) electrons. The van der Waals surface area contributed by atoms with Crippen LogP contribution in [0, 0.1) is 11.3 Å². The van der Waals surface area contributed by atoms with Gasteiger partial charge in [0.25, 0.3) is 0 Å². The zero-order valence-corrected chi connectivity index (χ0v) is 14.3. The van der Waals surface area contributed by atoms with Crippen LogP contribution < -0.4 is 5.73 Å². The van der Waals surface area contributed by atoms with E-state index in [9.17, 15) is 0 Å². The second-order valence-corrected chi connectivity index (χ2v) is 7.17. The number of hydrogen-bond donors (Lipinski definition) is 1. The van der Waals surface area contributed by atoms with Crippen molar-refractivity contribution in [3.8, 4) is 0 Å². The van der Waals surface area contributed by atoms with Gasteiger partial charge in [-0.25, -0.2) is 0 Å². The van der Waals surface area contributed by atoms with E-state index in [1.54, 1.807) is 0 Å². The Hall–Kier alpha value is -0.0800. The smallest absolute Gasteiger partial charge is 0.00901 e. The predicted octanol–water partition coefficient (Wildman–Crippen LogP) is 4.29. The maximum atomic E-state index is 5.69. The minimum Gasteiger partial charge on any atom is -0.330 e. The van der Waals surface area contributed by atoms with Crippen LogP contribution in [0.5, 0.6) is 0 Å². The van der Waals surface area contributed by atoms with E-state index in [4.69, 9.17) is 5.73 Å². The van der Waals surface area contributed by atoms with Gasteiger partial charge in [-0.15, -0.1) is 0 Å². The fraction of sp³-hybridized carbons (Fsp3) is 1.00. The Morgan fingerprint density at radius 1 is 1.05 bits per heavy atom. The summed E-state index contributed by atoms with van der Waals surface area (Å²) in [5.74, 6) is 0.762. The van der Waals surface area contributed by atoms with E-state index in [0.29, 0.717) is 5.41 Å². The minimum absolute atomic E-state index is 0.409. The van der Waals surface area contributed by atoms with E-state index in [1.165, 1.54) is 38.8 Å². The maximum absolute atomic E-state index is 5.69. The fourth-order valence-electron chi connectivity index (χ4n) is 2.97. The van der Waals surface area contributed by atoms with E-state index < -0.39 is 0 Å². The van der Waals surface area contributed by atoms with Crippen molar-refractivity contribution in [3.63, 3.8) is 0 Å². The van der Waals surface area contributed by atoms with Crippen molar-refractivity contribution in [3.05, 3.63) is 0 Å². The van der Waals surface area contributed by atoms with Crippen molar-refractivity contribution < 1.29 is 0 Å². The van der Waals surface area contributed by atoms with Gasteiger partial charge in [-0.2, -0.15) is 0 Å². The predicted molar refractivity (Wildman–Crippen MR) is 87.5 cm³/mol. The van der Waals surface area contributed by atoms with Crippen LogP contribution in [0.15, 0.2) is 0 Å². The molecule has 0 aliphatic rings. The lowest BCUT2D eigenvalue weighted by Crippen LogP contribution is -2.38. The zero-order chi connectivity index (χ0) is 14.9. The third-order valence-electron chi connectivity index (χ3n) is 4.18. The van der Waals surface area contributed by atoms with Gasteiger partial charge in [0, 0.05) is 12.6 Å². The second-order valence-electron chi connectivity index (χ2n) is 7.17. The van der Waals surface area contributed by atoms with Crippen LogP contribution in [-0.2, 0) is 0 Å². The summed E-state index contributed by atoms with van der Waals surface area (Å²) in [5, 5.41) is 0. The highest BCUT2D eigenvalue weighted by Crippen LogP contribution is 2.26. The first-order chi connectivity index (χ1) is 8.86. The summed E-state index contributed by atoms with van der Waals surface area (Å²) in [6.07, 6.45) is 6.28. The van der Waals surface area contributed by atoms with E-state index >= 15 is 0 Å². The molecule has 2 heteroatoms. The third-order valence-corrected chi connectivity index (χ3v) is 4.18. The molecule has 0 aromatic carbocycles. The first-order valence-corrected chi connectivity index (χ1v) is 8.30. The molecule has 0 fully saturated rings. The highest BCUT2D eigenvalue weighted by atomic mass is 15.1. The average Bonchev–Trinajstić information content (AvgIpc) is 2.29. The average molecular weight is 271 g/mol. The molecule has 0 saturated heterocycles. The van der Waals surface area contributed by atoms with Gasteiger partial charge in [0.2, 0.25) is 0 Å². The topological polar surface area (TPSA) is 29.3 Å². The van der Waals surface area contributed by atoms with E-state index in [2.05, 4.69) is 46.4 Å². The normalized spacial score (nSPS) is 12.9. The Labute approximate surface area is 122 Å². The molecule has 0 rings (SSSR count). The van der Waals surface area contributed by atoms with Gasteiger partial charge in [-0.1, -0.05) is 41.5 Å². The summed E-state index contributed by atoms with van der Waals surface area (Å²) < 4.78 is 0. The minimum atomic E-state index is 0.409. The van der Waals surface area contributed by atoms with Crippen LogP contribution in [0.4, 0.5) is 0 Å². The summed E-state index contributed by atoms with van der Waals surface area (Å²) >= 11 is 0. The van der Waals surface area contributed by atoms with E-state index in [0.717, 1.165) is 24.9 Å². The molecule has 0 aromatic heterocycles. The molecule has 0 heterocycles. The fourth-order valence-corrected chi connectivity index (χ4v) is 2.97. The first kappa shape index (κ1) is 18.9. The molecule has 0 aromatic rings. The first-order valence-electron chi connectivity index (χ1n) is 8.30. The molecule has 0 saturated carbocycles. The summed E-state index contributed by atoms with van der Waals surface area (Å²) in [6.45, 7) is 17.3. The molecular formula is C17H38N2. The molecule has 0 amide bonds. The molecule has 19 heavy (non-hydrogen) atoms. The van der Waals surface area contributed by atoms with E-state index in [1.807, 2.05) is 0 Å². The molecule has 2 N–H and O–H groups in total. The lowest BCUT2D eigenvalue weighted by Gasteiger charge is -2.33.